The van der Waals surface area contributed by atoms with Crippen LogP contribution in [0.4, 0.5) is 11.4 Å². The van der Waals surface area contributed by atoms with Crippen LogP contribution in [0.25, 0.3) is 22.5 Å². The topological polar surface area (TPSA) is 152 Å². The number of benzene rings is 2. The van der Waals surface area contributed by atoms with Crippen LogP contribution >= 0.6 is 7.60 Å². The summed E-state index contributed by atoms with van der Waals surface area (Å²) >= 11 is 0. The molecule has 0 saturated carbocycles. The van der Waals surface area contributed by atoms with Crippen LogP contribution in [0, 0.1) is 20.2 Å². The van der Waals surface area contributed by atoms with Gasteiger partial charge in [-0.25, -0.2) is 0 Å². The van der Waals surface area contributed by atoms with Gasteiger partial charge in [0.1, 0.15) is 6.07 Å². The minimum atomic E-state index is -4.23. The van der Waals surface area contributed by atoms with Gasteiger partial charge in [-0.05, 0) is 11.1 Å². The predicted molar refractivity (Wildman–Crippen MR) is 124 cm³/mol. The van der Waals surface area contributed by atoms with Crippen molar-refractivity contribution in [1.82, 2.24) is 0 Å². The molecule has 0 aliphatic heterocycles. The van der Waals surface area contributed by atoms with Crippen molar-refractivity contribution < 1.29 is 33.3 Å². The van der Waals surface area contributed by atoms with E-state index >= 15 is 0 Å². The van der Waals surface area contributed by atoms with E-state index in [2.05, 4.69) is 0 Å². The maximum atomic E-state index is 11.5. The van der Waals surface area contributed by atoms with E-state index in [1.54, 1.807) is 65.8 Å². The number of para-hydroxylation sites is 1. The number of non-ortho nitro benzene ring substituents is 1. The second kappa shape index (κ2) is 9.51. The first-order chi connectivity index (χ1) is 16.6. The van der Waals surface area contributed by atoms with Crippen LogP contribution in [0.1, 0.15) is 5.56 Å². The van der Waals surface area contributed by atoms with Crippen LogP contribution in [0.2, 0.25) is 0 Å². The lowest BCUT2D eigenvalue weighted by Crippen LogP contribution is -2.31. The van der Waals surface area contributed by atoms with E-state index in [1.807, 2.05) is 12.1 Å². The fraction of sp³-hybridized carbons (Fsp3) is 0.0435. The fourth-order valence-corrected chi connectivity index (χ4v) is 4.38. The molecule has 0 amide bonds. The van der Waals surface area contributed by atoms with E-state index in [0.29, 0.717) is 11.3 Å². The van der Waals surface area contributed by atoms with Gasteiger partial charge in [-0.15, -0.1) is 0 Å². The summed E-state index contributed by atoms with van der Waals surface area (Å²) in [5.41, 5.74) is 2.28. The molecule has 12 heteroatoms. The van der Waals surface area contributed by atoms with Crippen LogP contribution in [0.15, 0.2) is 91.5 Å². The standard InChI is InChI=1S/C23H17N4O7P/c28-26(29)20-5-6-22(23(15-20)27(30)31)25-13-9-18(10-14-25)17-7-11-24(12-8-17)21-4-2-1-3-19(21)16-35(32,33)34/h1-15H,16H2/p+2. The molecule has 4 aromatic rings. The zero-order valence-electron chi connectivity index (χ0n) is 18.0. The summed E-state index contributed by atoms with van der Waals surface area (Å²) in [6.07, 6.45) is 6.43. The van der Waals surface area contributed by atoms with E-state index < -0.39 is 17.4 Å². The Labute approximate surface area is 198 Å². The van der Waals surface area contributed by atoms with Crippen LogP contribution < -0.4 is 9.13 Å². The second-order valence-corrected chi connectivity index (χ2v) is 9.27. The molecule has 0 radical (unpaired) electrons. The highest BCUT2D eigenvalue weighted by Crippen LogP contribution is 2.39. The molecule has 11 nitrogen and oxygen atoms in total. The van der Waals surface area contributed by atoms with Gasteiger partial charge in [0.2, 0.25) is 5.69 Å². The van der Waals surface area contributed by atoms with Gasteiger partial charge in [0.15, 0.2) is 24.8 Å². The maximum absolute atomic E-state index is 11.5. The lowest BCUT2D eigenvalue weighted by atomic mass is 10.1. The summed E-state index contributed by atoms with van der Waals surface area (Å²) in [5.74, 6) is 0. The number of nitro groups is 2. The molecule has 0 atom stereocenters. The quantitative estimate of drug-likeness (QED) is 0.173. The summed E-state index contributed by atoms with van der Waals surface area (Å²) in [4.78, 5) is 39.8. The second-order valence-electron chi connectivity index (χ2n) is 7.63. The van der Waals surface area contributed by atoms with Crippen molar-refractivity contribution in [3.05, 3.63) is 117 Å². The number of hydrogen-bond donors (Lipinski definition) is 2. The number of rotatable bonds is 7. The number of nitrogens with zero attached hydrogens (tertiary/aromatic N) is 4. The summed E-state index contributed by atoms with van der Waals surface area (Å²) in [7, 11) is -4.23. The van der Waals surface area contributed by atoms with Crippen LogP contribution in [0.5, 0.6) is 0 Å². The van der Waals surface area contributed by atoms with Crippen molar-refractivity contribution in [2.24, 2.45) is 0 Å². The van der Waals surface area contributed by atoms with Crippen LogP contribution in [0.3, 0.4) is 0 Å². The highest BCUT2D eigenvalue weighted by Gasteiger charge is 2.26. The van der Waals surface area contributed by atoms with E-state index in [0.717, 1.165) is 17.2 Å². The van der Waals surface area contributed by atoms with Crippen molar-refractivity contribution in [3.63, 3.8) is 0 Å². The summed E-state index contributed by atoms with van der Waals surface area (Å²) < 4.78 is 14.7. The Morgan fingerprint density at radius 2 is 1.29 bits per heavy atom. The first-order valence-corrected chi connectivity index (χ1v) is 12.0. The van der Waals surface area contributed by atoms with Gasteiger partial charge in [0, 0.05) is 48.0 Å². The molecule has 0 aliphatic rings. The monoisotopic (exact) mass is 494 g/mol. The van der Waals surface area contributed by atoms with Crippen molar-refractivity contribution in [3.8, 4) is 22.5 Å². The van der Waals surface area contributed by atoms with Gasteiger partial charge in [0.25, 0.3) is 11.4 Å². The minimum absolute atomic E-state index is 0.194. The molecular formula is C23H19N4O7P+2. The van der Waals surface area contributed by atoms with Gasteiger partial charge in [-0.2, -0.15) is 9.13 Å². The Kier molecular flexibility index (Phi) is 6.48. The molecule has 4 rings (SSSR count). The molecule has 2 N–H and O–H groups in total. The fourth-order valence-electron chi connectivity index (χ4n) is 3.67. The Balaban J connectivity index is 1.62. The summed E-state index contributed by atoms with van der Waals surface area (Å²) in [5, 5.41) is 22.4. The van der Waals surface area contributed by atoms with Gasteiger partial charge in [0.05, 0.1) is 16.0 Å². The normalized spacial score (nSPS) is 11.3. The third-order valence-corrected chi connectivity index (χ3v) is 6.04. The van der Waals surface area contributed by atoms with Crippen molar-refractivity contribution >= 4 is 19.0 Å². The first kappa shape index (κ1) is 23.8. The number of hydrogen-bond acceptors (Lipinski definition) is 5. The first-order valence-electron chi connectivity index (χ1n) is 10.2. The number of nitro benzene ring substituents is 2. The Bertz CT molecular complexity index is 1470. The van der Waals surface area contributed by atoms with Crippen LogP contribution in [-0.2, 0) is 10.7 Å². The van der Waals surface area contributed by atoms with Crippen molar-refractivity contribution in [1.29, 1.82) is 0 Å². The molecule has 0 spiro atoms. The largest absolute Gasteiger partial charge is 0.347 e. The maximum Gasteiger partial charge on any atom is 0.347 e. The summed E-state index contributed by atoms with van der Waals surface area (Å²) in [6, 6.07) is 17.6. The third kappa shape index (κ3) is 5.44. The highest BCUT2D eigenvalue weighted by atomic mass is 31.2. The Morgan fingerprint density at radius 3 is 1.80 bits per heavy atom. The molecule has 0 bridgehead atoms. The van der Waals surface area contributed by atoms with Crippen molar-refractivity contribution in [2.75, 3.05) is 0 Å². The highest BCUT2D eigenvalue weighted by molar-refractivity contribution is 7.50. The molecule has 2 heterocycles. The number of aromatic nitrogens is 2. The van der Waals surface area contributed by atoms with E-state index in [1.165, 1.54) is 16.7 Å². The Morgan fingerprint density at radius 1 is 0.743 bits per heavy atom. The average Bonchev–Trinajstić information content (AvgIpc) is 2.83. The zero-order chi connectivity index (χ0) is 25.2. The lowest BCUT2D eigenvalue weighted by molar-refractivity contribution is -0.600. The molecule has 0 aliphatic carbocycles. The summed E-state index contributed by atoms with van der Waals surface area (Å²) in [6.45, 7) is 0. The molecule has 176 valence electrons. The van der Waals surface area contributed by atoms with Crippen LogP contribution in [-0.4, -0.2) is 19.6 Å². The van der Waals surface area contributed by atoms with E-state index in [9.17, 15) is 34.6 Å². The van der Waals surface area contributed by atoms with E-state index in [-0.39, 0.29) is 23.2 Å². The third-order valence-electron chi connectivity index (χ3n) is 5.28. The van der Waals surface area contributed by atoms with Crippen molar-refractivity contribution in [2.45, 2.75) is 6.16 Å². The lowest BCUT2D eigenvalue weighted by Gasteiger charge is -2.07. The molecule has 35 heavy (non-hydrogen) atoms. The average molecular weight is 494 g/mol. The molecular weight excluding hydrogens is 475 g/mol. The molecule has 0 unspecified atom stereocenters. The van der Waals surface area contributed by atoms with Gasteiger partial charge in [-0.1, -0.05) is 18.2 Å². The predicted octanol–water partition coefficient (Wildman–Crippen LogP) is 3.40. The SMILES string of the molecule is O=[N+]([O-])c1ccc(-[n+]2ccc(-c3cc[n+](-c4ccccc4CP(=O)(O)O)cc3)cc2)c([N+](=O)[O-])c1. The van der Waals surface area contributed by atoms with E-state index in [4.69, 9.17) is 0 Å². The van der Waals surface area contributed by atoms with Gasteiger partial charge >= 0.3 is 13.3 Å². The number of pyridine rings is 2. The van der Waals surface area contributed by atoms with Gasteiger partial charge < -0.3 is 9.79 Å². The molecule has 0 fully saturated rings. The smallest absolute Gasteiger partial charge is 0.324 e. The minimum Gasteiger partial charge on any atom is -0.324 e. The zero-order valence-corrected chi connectivity index (χ0v) is 18.9. The molecule has 2 aromatic carbocycles. The Hall–Kier alpha value is -4.31. The molecule has 0 saturated heterocycles. The van der Waals surface area contributed by atoms with Gasteiger partial charge in [-0.3, -0.25) is 24.8 Å². The molecule has 2 aromatic heterocycles.